The first kappa shape index (κ1) is 23.4. The molecule has 4 rings (SSSR count). The number of aromatic hydroxyl groups is 2. The number of nitrogens with zero attached hydrogens (tertiary/aromatic N) is 3. The number of phenols is 2. The quantitative estimate of drug-likeness (QED) is 0.207. The van der Waals surface area contributed by atoms with Gasteiger partial charge in [0.2, 0.25) is 5.95 Å². The van der Waals surface area contributed by atoms with E-state index in [4.69, 9.17) is 5.73 Å². The highest BCUT2D eigenvalue weighted by Gasteiger charge is 2.15. The SMILES string of the molecule is Nc1nc(-c2cc(-c3ccc(O)cc3)ccc2O)cc(N(CO)CCSCc2ccccc2)n1. The number of nitrogens with two attached hydrogens (primary N) is 1. The van der Waals surface area contributed by atoms with Gasteiger partial charge in [-0.05, 0) is 41.0 Å². The molecule has 8 heteroatoms. The van der Waals surface area contributed by atoms with Crippen molar-refractivity contribution in [3.05, 3.63) is 84.4 Å². The molecule has 174 valence electrons. The minimum Gasteiger partial charge on any atom is -0.508 e. The fourth-order valence-corrected chi connectivity index (χ4v) is 4.45. The van der Waals surface area contributed by atoms with Gasteiger partial charge in [-0.25, -0.2) is 4.98 Å². The molecule has 0 atom stereocenters. The second kappa shape index (κ2) is 10.9. The molecule has 0 saturated heterocycles. The van der Waals surface area contributed by atoms with Crippen LogP contribution in [0.15, 0.2) is 78.9 Å². The minimum atomic E-state index is -0.221. The van der Waals surface area contributed by atoms with E-state index in [2.05, 4.69) is 22.1 Å². The predicted molar refractivity (Wildman–Crippen MR) is 138 cm³/mol. The molecule has 4 aromatic rings. The zero-order valence-electron chi connectivity index (χ0n) is 18.5. The van der Waals surface area contributed by atoms with E-state index in [1.165, 1.54) is 5.56 Å². The van der Waals surface area contributed by atoms with Gasteiger partial charge in [-0.3, -0.25) is 0 Å². The van der Waals surface area contributed by atoms with E-state index in [0.29, 0.717) is 23.6 Å². The van der Waals surface area contributed by atoms with Gasteiger partial charge in [0.05, 0.1) is 5.69 Å². The summed E-state index contributed by atoms with van der Waals surface area (Å²) in [5, 5.41) is 30.0. The van der Waals surface area contributed by atoms with E-state index in [-0.39, 0.29) is 24.2 Å². The molecular formula is C26H26N4O3S. The summed E-state index contributed by atoms with van der Waals surface area (Å²) in [4.78, 5) is 10.3. The Kier molecular flexibility index (Phi) is 7.51. The standard InChI is InChI=1S/C26H26N4O3S/c27-26-28-23(22-14-20(8-11-24(22)33)19-6-9-21(32)10-7-19)15-25(29-26)30(17-31)12-13-34-16-18-4-2-1-3-5-18/h1-11,14-15,31-33H,12-13,16-17H2,(H2,27,28,29). The molecule has 0 unspecified atom stereocenters. The molecule has 34 heavy (non-hydrogen) atoms. The van der Waals surface area contributed by atoms with E-state index >= 15 is 0 Å². The maximum atomic E-state index is 10.5. The van der Waals surface area contributed by atoms with Crippen molar-refractivity contribution in [3.8, 4) is 33.9 Å². The van der Waals surface area contributed by atoms with Crippen LogP contribution in [0, 0.1) is 0 Å². The van der Waals surface area contributed by atoms with Crippen molar-refractivity contribution in [1.82, 2.24) is 9.97 Å². The van der Waals surface area contributed by atoms with Gasteiger partial charge in [-0.15, -0.1) is 0 Å². The van der Waals surface area contributed by atoms with Gasteiger partial charge in [0, 0.05) is 29.7 Å². The van der Waals surface area contributed by atoms with E-state index in [1.807, 2.05) is 24.3 Å². The molecule has 1 aromatic heterocycles. The van der Waals surface area contributed by atoms with Crippen LogP contribution in [-0.2, 0) is 5.75 Å². The molecule has 0 aliphatic heterocycles. The molecule has 0 amide bonds. The van der Waals surface area contributed by atoms with Crippen molar-refractivity contribution in [3.63, 3.8) is 0 Å². The molecule has 0 aliphatic carbocycles. The van der Waals surface area contributed by atoms with Crippen molar-refractivity contribution < 1.29 is 15.3 Å². The molecule has 0 saturated carbocycles. The molecule has 0 spiro atoms. The number of nitrogen functional groups attached to an aromatic ring is 1. The summed E-state index contributed by atoms with van der Waals surface area (Å²) in [5.41, 5.74) is 9.93. The zero-order chi connectivity index (χ0) is 23.9. The average molecular weight is 475 g/mol. The predicted octanol–water partition coefficient (Wildman–Crippen LogP) is 4.49. The van der Waals surface area contributed by atoms with Crippen molar-refractivity contribution in [2.75, 3.05) is 29.7 Å². The Bertz CT molecular complexity index is 1240. The van der Waals surface area contributed by atoms with Gasteiger partial charge in [-0.2, -0.15) is 16.7 Å². The van der Waals surface area contributed by atoms with Crippen LogP contribution in [0.3, 0.4) is 0 Å². The molecule has 0 bridgehead atoms. The van der Waals surface area contributed by atoms with Gasteiger partial charge < -0.3 is 26.0 Å². The number of aliphatic hydroxyl groups is 1. The van der Waals surface area contributed by atoms with Gasteiger partial charge in [0.15, 0.2) is 0 Å². The van der Waals surface area contributed by atoms with Crippen LogP contribution in [0.1, 0.15) is 5.56 Å². The Morgan fingerprint density at radius 3 is 2.32 bits per heavy atom. The lowest BCUT2D eigenvalue weighted by atomic mass is 10.0. The van der Waals surface area contributed by atoms with Crippen molar-refractivity contribution in [2.45, 2.75) is 5.75 Å². The lowest BCUT2D eigenvalue weighted by Crippen LogP contribution is -2.28. The maximum absolute atomic E-state index is 10.5. The van der Waals surface area contributed by atoms with Crippen LogP contribution < -0.4 is 10.6 Å². The molecule has 5 N–H and O–H groups in total. The number of hydrogen-bond donors (Lipinski definition) is 4. The number of thioether (sulfide) groups is 1. The number of aliphatic hydroxyl groups excluding tert-OH is 1. The van der Waals surface area contributed by atoms with Crippen LogP contribution in [0.4, 0.5) is 11.8 Å². The first-order valence-corrected chi connectivity index (χ1v) is 11.9. The van der Waals surface area contributed by atoms with Crippen LogP contribution >= 0.6 is 11.8 Å². The lowest BCUT2D eigenvalue weighted by Gasteiger charge is -2.21. The van der Waals surface area contributed by atoms with Crippen molar-refractivity contribution >= 4 is 23.5 Å². The highest BCUT2D eigenvalue weighted by atomic mass is 32.2. The largest absolute Gasteiger partial charge is 0.508 e. The first-order valence-electron chi connectivity index (χ1n) is 10.8. The Morgan fingerprint density at radius 1 is 0.853 bits per heavy atom. The summed E-state index contributed by atoms with van der Waals surface area (Å²) in [6, 6.07) is 23.9. The monoisotopic (exact) mass is 474 g/mol. The third kappa shape index (κ3) is 5.78. The Hall–Kier alpha value is -3.75. The highest BCUT2D eigenvalue weighted by molar-refractivity contribution is 7.98. The number of phenolic OH excluding ortho intramolecular Hbond substituents is 2. The fourth-order valence-electron chi connectivity index (χ4n) is 3.52. The van der Waals surface area contributed by atoms with Crippen LogP contribution in [-0.4, -0.2) is 44.3 Å². The van der Waals surface area contributed by atoms with E-state index in [1.54, 1.807) is 59.1 Å². The number of rotatable bonds is 9. The van der Waals surface area contributed by atoms with Crippen LogP contribution in [0.5, 0.6) is 11.5 Å². The summed E-state index contributed by atoms with van der Waals surface area (Å²) in [6.45, 7) is 0.352. The highest BCUT2D eigenvalue weighted by Crippen LogP contribution is 2.34. The second-order valence-corrected chi connectivity index (χ2v) is 8.80. The Balaban J connectivity index is 1.54. The van der Waals surface area contributed by atoms with E-state index in [9.17, 15) is 15.3 Å². The van der Waals surface area contributed by atoms with E-state index < -0.39 is 0 Å². The zero-order valence-corrected chi connectivity index (χ0v) is 19.3. The molecule has 3 aromatic carbocycles. The Labute approximate surface area is 202 Å². The van der Waals surface area contributed by atoms with Gasteiger partial charge in [0.25, 0.3) is 0 Å². The number of benzene rings is 3. The molecule has 0 aliphatic rings. The third-order valence-corrected chi connectivity index (χ3v) is 6.32. The summed E-state index contributed by atoms with van der Waals surface area (Å²) in [6.07, 6.45) is 0. The maximum Gasteiger partial charge on any atom is 0.222 e. The second-order valence-electron chi connectivity index (χ2n) is 7.69. The topological polar surface area (TPSA) is 116 Å². The van der Waals surface area contributed by atoms with Gasteiger partial charge in [-0.1, -0.05) is 48.5 Å². The summed E-state index contributed by atoms with van der Waals surface area (Å²) in [7, 11) is 0. The molecule has 7 nitrogen and oxygen atoms in total. The fraction of sp³-hybridized carbons (Fsp3) is 0.154. The van der Waals surface area contributed by atoms with Crippen molar-refractivity contribution in [1.29, 1.82) is 0 Å². The molecular weight excluding hydrogens is 448 g/mol. The van der Waals surface area contributed by atoms with Crippen LogP contribution in [0.25, 0.3) is 22.4 Å². The molecule has 0 radical (unpaired) electrons. The minimum absolute atomic E-state index is 0.0531. The normalized spacial score (nSPS) is 10.9. The van der Waals surface area contributed by atoms with E-state index in [0.717, 1.165) is 22.6 Å². The number of aromatic nitrogens is 2. The lowest BCUT2D eigenvalue weighted by molar-refractivity contribution is 0.292. The smallest absolute Gasteiger partial charge is 0.222 e. The van der Waals surface area contributed by atoms with Crippen molar-refractivity contribution in [2.24, 2.45) is 0 Å². The third-order valence-electron chi connectivity index (χ3n) is 5.31. The summed E-state index contributed by atoms with van der Waals surface area (Å²) >= 11 is 1.77. The molecule has 0 fully saturated rings. The Morgan fingerprint density at radius 2 is 1.59 bits per heavy atom. The van der Waals surface area contributed by atoms with Gasteiger partial charge in [0.1, 0.15) is 24.0 Å². The number of hydrogen-bond acceptors (Lipinski definition) is 8. The summed E-state index contributed by atoms with van der Waals surface area (Å²) < 4.78 is 0. The first-order chi connectivity index (χ1) is 16.5. The molecule has 1 heterocycles. The number of anilines is 2. The van der Waals surface area contributed by atoms with Crippen LogP contribution in [0.2, 0.25) is 0 Å². The van der Waals surface area contributed by atoms with Gasteiger partial charge >= 0.3 is 0 Å². The average Bonchev–Trinajstić information content (AvgIpc) is 2.85. The summed E-state index contributed by atoms with van der Waals surface area (Å²) in [5.74, 6) is 2.45.